The summed E-state index contributed by atoms with van der Waals surface area (Å²) in [5, 5.41) is 6.39. The van der Waals surface area contributed by atoms with Crippen LogP contribution < -0.4 is 15.4 Å². The maximum Gasteiger partial charge on any atom is 0.323 e. The van der Waals surface area contributed by atoms with Gasteiger partial charge in [0.05, 0.1) is 6.10 Å². The second-order valence-electron chi connectivity index (χ2n) is 6.23. The highest BCUT2D eigenvalue weighted by Gasteiger charge is 2.45. The molecule has 6 nitrogen and oxygen atoms in total. The van der Waals surface area contributed by atoms with Crippen molar-refractivity contribution in [3.8, 4) is 6.01 Å². The van der Waals surface area contributed by atoms with Crippen LogP contribution >= 0.6 is 0 Å². The van der Waals surface area contributed by atoms with Gasteiger partial charge in [-0.05, 0) is 38.5 Å². The van der Waals surface area contributed by atoms with Crippen LogP contribution in [0.25, 0.3) is 0 Å². The van der Waals surface area contributed by atoms with Crippen LogP contribution in [0.15, 0.2) is 0 Å². The largest absolute Gasteiger partial charge is 0.461 e. The second kappa shape index (κ2) is 5.81. The van der Waals surface area contributed by atoms with Gasteiger partial charge in [0.15, 0.2) is 0 Å². The van der Waals surface area contributed by atoms with Crippen molar-refractivity contribution in [3.05, 3.63) is 0 Å². The average Bonchev–Trinajstić information content (AvgIpc) is 2.94. The lowest BCUT2D eigenvalue weighted by Gasteiger charge is -2.12. The van der Waals surface area contributed by atoms with Crippen molar-refractivity contribution in [1.29, 1.82) is 0 Å². The minimum atomic E-state index is 0.0436. The third-order valence-corrected chi connectivity index (χ3v) is 3.52. The van der Waals surface area contributed by atoms with E-state index in [0.717, 1.165) is 13.1 Å². The predicted octanol–water partition coefficient (Wildman–Crippen LogP) is 2.55. The quantitative estimate of drug-likeness (QED) is 0.799. The van der Waals surface area contributed by atoms with E-state index in [0.29, 0.717) is 29.2 Å². The molecular formula is C14H25N5O. The lowest BCUT2D eigenvalue weighted by molar-refractivity contribution is 0.222. The first-order chi connectivity index (χ1) is 9.40. The molecule has 1 saturated carbocycles. The Morgan fingerprint density at radius 2 is 1.80 bits per heavy atom. The monoisotopic (exact) mass is 279 g/mol. The molecule has 1 aromatic rings. The van der Waals surface area contributed by atoms with Gasteiger partial charge in [-0.2, -0.15) is 15.0 Å². The van der Waals surface area contributed by atoms with Crippen LogP contribution in [-0.2, 0) is 0 Å². The van der Waals surface area contributed by atoms with Crippen molar-refractivity contribution >= 4 is 11.9 Å². The Labute approximate surface area is 120 Å². The Morgan fingerprint density at radius 1 is 1.20 bits per heavy atom. The Bertz CT molecular complexity index is 461. The molecule has 1 fully saturated rings. The molecule has 0 spiro atoms. The highest BCUT2D eigenvalue weighted by atomic mass is 16.5. The molecule has 1 aliphatic carbocycles. The van der Waals surface area contributed by atoms with E-state index in [9.17, 15) is 0 Å². The third kappa shape index (κ3) is 3.95. The van der Waals surface area contributed by atoms with Crippen molar-refractivity contribution < 1.29 is 4.74 Å². The average molecular weight is 279 g/mol. The maximum absolute atomic E-state index is 5.56. The van der Waals surface area contributed by atoms with Gasteiger partial charge in [0, 0.05) is 13.1 Å². The molecule has 0 bridgehead atoms. The van der Waals surface area contributed by atoms with E-state index in [1.54, 1.807) is 0 Å². The first-order valence-corrected chi connectivity index (χ1v) is 7.31. The number of aromatic nitrogens is 3. The Morgan fingerprint density at radius 3 is 2.30 bits per heavy atom. The molecule has 0 amide bonds. The summed E-state index contributed by atoms with van der Waals surface area (Å²) >= 11 is 0. The first kappa shape index (κ1) is 14.8. The number of hydrogen-bond donors (Lipinski definition) is 2. The lowest BCUT2D eigenvalue weighted by atomic mass is 10.1. The first-order valence-electron chi connectivity index (χ1n) is 7.31. The minimum Gasteiger partial charge on any atom is -0.461 e. The number of nitrogens with one attached hydrogen (secondary N) is 2. The van der Waals surface area contributed by atoms with E-state index < -0.39 is 0 Å². The molecular weight excluding hydrogens is 254 g/mol. The van der Waals surface area contributed by atoms with E-state index in [1.807, 2.05) is 20.8 Å². The molecule has 2 rings (SSSR count). The van der Waals surface area contributed by atoms with Gasteiger partial charge in [0.25, 0.3) is 0 Å². The van der Waals surface area contributed by atoms with Crippen molar-refractivity contribution in [2.45, 2.75) is 47.1 Å². The second-order valence-corrected chi connectivity index (χ2v) is 6.23. The molecule has 0 aliphatic heterocycles. The molecule has 0 radical (unpaired) electrons. The summed E-state index contributed by atoms with van der Waals surface area (Å²) < 4.78 is 5.56. The molecule has 0 saturated heterocycles. The van der Waals surface area contributed by atoms with Gasteiger partial charge >= 0.3 is 6.01 Å². The van der Waals surface area contributed by atoms with E-state index in [1.165, 1.54) is 6.42 Å². The van der Waals surface area contributed by atoms with E-state index >= 15 is 0 Å². The van der Waals surface area contributed by atoms with Crippen LogP contribution in [0, 0.1) is 11.3 Å². The summed E-state index contributed by atoms with van der Waals surface area (Å²) in [5.41, 5.74) is 0.446. The summed E-state index contributed by atoms with van der Waals surface area (Å²) in [6, 6.07) is 0.364. The molecule has 1 aliphatic rings. The summed E-state index contributed by atoms with van der Waals surface area (Å²) in [5.74, 6) is 1.82. The molecule has 6 heteroatoms. The fourth-order valence-corrected chi connectivity index (χ4v) is 2.08. The van der Waals surface area contributed by atoms with Gasteiger partial charge in [0.2, 0.25) is 11.9 Å². The Kier molecular flexibility index (Phi) is 4.30. The molecule has 1 heterocycles. The van der Waals surface area contributed by atoms with Crippen molar-refractivity contribution in [1.82, 2.24) is 15.0 Å². The van der Waals surface area contributed by atoms with Gasteiger partial charge in [0.1, 0.15) is 0 Å². The molecule has 20 heavy (non-hydrogen) atoms. The van der Waals surface area contributed by atoms with Crippen LogP contribution in [0.1, 0.15) is 41.0 Å². The van der Waals surface area contributed by atoms with Crippen LogP contribution in [0.5, 0.6) is 6.01 Å². The van der Waals surface area contributed by atoms with Crippen LogP contribution in [0.3, 0.4) is 0 Å². The van der Waals surface area contributed by atoms with Crippen molar-refractivity contribution in [2.75, 3.05) is 23.7 Å². The van der Waals surface area contributed by atoms with Crippen molar-refractivity contribution in [3.63, 3.8) is 0 Å². The van der Waals surface area contributed by atoms with Gasteiger partial charge in [-0.1, -0.05) is 13.8 Å². The van der Waals surface area contributed by atoms with Gasteiger partial charge < -0.3 is 15.4 Å². The summed E-state index contributed by atoms with van der Waals surface area (Å²) in [7, 11) is 0. The molecule has 1 aromatic heterocycles. The number of anilines is 2. The SMILES string of the molecule is CCNc1nc(NCC2CC2(C)C)nc(OC(C)C)n1. The molecule has 1 unspecified atom stereocenters. The number of rotatable bonds is 7. The zero-order valence-electron chi connectivity index (χ0n) is 13.0. The lowest BCUT2D eigenvalue weighted by Crippen LogP contribution is -2.15. The van der Waals surface area contributed by atoms with Crippen LogP contribution in [0.4, 0.5) is 11.9 Å². The van der Waals surface area contributed by atoms with Crippen molar-refractivity contribution in [2.24, 2.45) is 11.3 Å². The normalized spacial score (nSPS) is 19.8. The van der Waals surface area contributed by atoms with Gasteiger partial charge in [-0.25, -0.2) is 0 Å². The molecule has 1 atom stereocenters. The number of ether oxygens (including phenoxy) is 1. The molecule has 2 N–H and O–H groups in total. The Hall–Kier alpha value is -1.59. The number of hydrogen-bond acceptors (Lipinski definition) is 6. The minimum absolute atomic E-state index is 0.0436. The van der Waals surface area contributed by atoms with Crippen LogP contribution in [0.2, 0.25) is 0 Å². The zero-order valence-corrected chi connectivity index (χ0v) is 13.0. The van der Waals surface area contributed by atoms with Gasteiger partial charge in [-0.15, -0.1) is 0 Å². The number of nitrogens with zero attached hydrogens (tertiary/aromatic N) is 3. The van der Waals surface area contributed by atoms with Gasteiger partial charge in [-0.3, -0.25) is 0 Å². The fraction of sp³-hybridized carbons (Fsp3) is 0.786. The third-order valence-electron chi connectivity index (χ3n) is 3.52. The Balaban J connectivity index is 2.03. The highest BCUT2D eigenvalue weighted by Crippen LogP contribution is 2.51. The zero-order chi connectivity index (χ0) is 14.8. The highest BCUT2D eigenvalue weighted by molar-refractivity contribution is 5.36. The smallest absolute Gasteiger partial charge is 0.323 e. The molecule has 0 aromatic carbocycles. The van der Waals surface area contributed by atoms with E-state index in [2.05, 4.69) is 39.4 Å². The summed E-state index contributed by atoms with van der Waals surface area (Å²) in [4.78, 5) is 12.9. The van der Waals surface area contributed by atoms with E-state index in [-0.39, 0.29) is 6.10 Å². The van der Waals surface area contributed by atoms with E-state index in [4.69, 9.17) is 4.74 Å². The predicted molar refractivity (Wildman–Crippen MR) is 80.1 cm³/mol. The molecule has 112 valence electrons. The standard InChI is InChI=1S/C14H25N5O/c1-6-15-11-17-12(16-8-10-7-14(10,4)5)19-13(18-11)20-9(2)3/h9-10H,6-8H2,1-5H3,(H2,15,16,17,18,19). The van der Waals surface area contributed by atoms with Crippen LogP contribution in [-0.4, -0.2) is 34.1 Å². The maximum atomic E-state index is 5.56. The summed E-state index contributed by atoms with van der Waals surface area (Å²) in [6.07, 6.45) is 1.29. The summed E-state index contributed by atoms with van der Waals surface area (Å²) in [6.45, 7) is 12.1. The fourth-order valence-electron chi connectivity index (χ4n) is 2.08. The topological polar surface area (TPSA) is 72.0 Å².